The monoisotopic (exact) mass is 411 g/mol. The summed E-state index contributed by atoms with van der Waals surface area (Å²) in [5.74, 6) is 2.09. The molecule has 140 valence electrons. The molecule has 0 heterocycles. The summed E-state index contributed by atoms with van der Waals surface area (Å²) in [6.45, 7) is 6.32. The predicted octanol–water partition coefficient (Wildman–Crippen LogP) is 5.43. The molecule has 1 amide bonds. The van der Waals surface area contributed by atoms with Gasteiger partial charge in [-0.2, -0.15) is 11.8 Å². The van der Waals surface area contributed by atoms with Gasteiger partial charge in [0, 0.05) is 28.1 Å². The highest BCUT2D eigenvalue weighted by molar-refractivity contribution is 7.98. The maximum absolute atomic E-state index is 12.2. The number of ether oxygens (including phenoxy) is 1. The number of amides is 1. The number of carbonyl (C=O) groups excluding carboxylic acids is 1. The third kappa shape index (κ3) is 6.11. The summed E-state index contributed by atoms with van der Waals surface area (Å²) >= 11 is 14.0. The fourth-order valence-corrected chi connectivity index (χ4v) is 4.01. The topological polar surface area (TPSA) is 38.3 Å². The highest BCUT2D eigenvalue weighted by Gasteiger charge is 2.15. The van der Waals surface area contributed by atoms with Crippen LogP contribution in [0.25, 0.3) is 0 Å². The summed E-state index contributed by atoms with van der Waals surface area (Å²) in [7, 11) is 0. The molecule has 0 spiro atoms. The van der Waals surface area contributed by atoms with E-state index in [0.29, 0.717) is 22.3 Å². The lowest BCUT2D eigenvalue weighted by Crippen LogP contribution is -2.37. The number of aryl methyl sites for hydroxylation is 2. The summed E-state index contributed by atoms with van der Waals surface area (Å²) in [5, 5.41) is 4.24. The standard InChI is InChI=1S/C20H23Cl2NO2S/c1-13-7-8-19(14(2)11-13)25-15(3)20(24)23-9-10-26-12-16-17(21)5-4-6-18(16)22/h4-8,11,15H,9-10,12H2,1-3H3,(H,23,24)/t15-/m1/s1. The van der Waals surface area contributed by atoms with Gasteiger partial charge in [0.1, 0.15) is 5.75 Å². The Morgan fingerprint density at radius 3 is 2.54 bits per heavy atom. The zero-order valence-corrected chi connectivity index (χ0v) is 17.5. The van der Waals surface area contributed by atoms with Crippen molar-refractivity contribution in [3.63, 3.8) is 0 Å². The van der Waals surface area contributed by atoms with Gasteiger partial charge >= 0.3 is 0 Å². The molecule has 0 aliphatic heterocycles. The molecule has 2 aromatic carbocycles. The van der Waals surface area contributed by atoms with Gasteiger partial charge in [-0.1, -0.05) is 47.0 Å². The van der Waals surface area contributed by atoms with Crippen molar-refractivity contribution < 1.29 is 9.53 Å². The first-order valence-electron chi connectivity index (χ1n) is 8.40. The summed E-state index contributed by atoms with van der Waals surface area (Å²) in [4.78, 5) is 12.2. The zero-order valence-electron chi connectivity index (χ0n) is 15.1. The van der Waals surface area contributed by atoms with Crippen LogP contribution in [0.2, 0.25) is 10.0 Å². The number of rotatable bonds is 8. The van der Waals surface area contributed by atoms with E-state index in [4.69, 9.17) is 27.9 Å². The van der Waals surface area contributed by atoms with Gasteiger partial charge in [0.2, 0.25) is 0 Å². The molecule has 26 heavy (non-hydrogen) atoms. The number of hydrogen-bond acceptors (Lipinski definition) is 3. The van der Waals surface area contributed by atoms with Crippen LogP contribution in [0, 0.1) is 13.8 Å². The molecule has 0 aliphatic carbocycles. The lowest BCUT2D eigenvalue weighted by atomic mass is 10.1. The Balaban J connectivity index is 1.73. The number of carbonyl (C=O) groups is 1. The molecular formula is C20H23Cl2NO2S. The van der Waals surface area contributed by atoms with E-state index in [9.17, 15) is 4.79 Å². The van der Waals surface area contributed by atoms with Crippen molar-refractivity contribution in [2.24, 2.45) is 0 Å². The zero-order chi connectivity index (χ0) is 19.1. The lowest BCUT2D eigenvalue weighted by molar-refractivity contribution is -0.127. The average molecular weight is 412 g/mol. The molecule has 0 radical (unpaired) electrons. The van der Waals surface area contributed by atoms with Crippen LogP contribution < -0.4 is 10.1 Å². The smallest absolute Gasteiger partial charge is 0.260 e. The van der Waals surface area contributed by atoms with Crippen LogP contribution in [0.3, 0.4) is 0 Å². The summed E-state index contributed by atoms with van der Waals surface area (Å²) in [5.41, 5.74) is 3.12. The van der Waals surface area contributed by atoms with Crippen molar-refractivity contribution in [3.05, 3.63) is 63.1 Å². The van der Waals surface area contributed by atoms with Crippen molar-refractivity contribution in [2.45, 2.75) is 32.6 Å². The quantitative estimate of drug-likeness (QED) is 0.588. The van der Waals surface area contributed by atoms with E-state index in [-0.39, 0.29) is 5.91 Å². The van der Waals surface area contributed by atoms with Gasteiger partial charge in [-0.15, -0.1) is 0 Å². The van der Waals surface area contributed by atoms with E-state index < -0.39 is 6.10 Å². The first-order chi connectivity index (χ1) is 12.4. The first kappa shape index (κ1) is 20.9. The van der Waals surface area contributed by atoms with Gasteiger partial charge < -0.3 is 10.1 Å². The number of thioether (sulfide) groups is 1. The fourth-order valence-electron chi connectivity index (χ4n) is 2.41. The molecule has 0 saturated carbocycles. The second-order valence-corrected chi connectivity index (χ2v) is 7.99. The molecule has 0 unspecified atom stereocenters. The van der Waals surface area contributed by atoms with Gasteiger partial charge in [-0.05, 0) is 50.1 Å². The molecule has 2 rings (SSSR count). The van der Waals surface area contributed by atoms with Crippen LogP contribution in [0.1, 0.15) is 23.6 Å². The van der Waals surface area contributed by atoms with Crippen LogP contribution >= 0.6 is 35.0 Å². The van der Waals surface area contributed by atoms with E-state index >= 15 is 0 Å². The van der Waals surface area contributed by atoms with Crippen LogP contribution in [-0.2, 0) is 10.5 Å². The molecule has 1 N–H and O–H groups in total. The van der Waals surface area contributed by atoms with E-state index in [1.165, 1.54) is 5.56 Å². The highest BCUT2D eigenvalue weighted by atomic mass is 35.5. The summed E-state index contributed by atoms with van der Waals surface area (Å²) < 4.78 is 5.77. The van der Waals surface area contributed by atoms with Crippen LogP contribution in [0.5, 0.6) is 5.75 Å². The minimum atomic E-state index is -0.542. The second kappa shape index (κ2) is 10.1. The Labute approximate surface area is 169 Å². The first-order valence-corrected chi connectivity index (χ1v) is 10.3. The highest BCUT2D eigenvalue weighted by Crippen LogP contribution is 2.28. The third-order valence-corrected chi connectivity index (χ3v) is 5.55. The molecule has 0 bridgehead atoms. The number of halogens is 2. The van der Waals surface area contributed by atoms with E-state index in [1.54, 1.807) is 18.7 Å². The van der Waals surface area contributed by atoms with Crippen molar-refractivity contribution in [2.75, 3.05) is 12.3 Å². The van der Waals surface area contributed by atoms with E-state index in [1.807, 2.05) is 50.2 Å². The number of benzene rings is 2. The normalized spacial score (nSPS) is 11.9. The summed E-state index contributed by atoms with van der Waals surface area (Å²) in [6, 6.07) is 11.4. The third-order valence-electron chi connectivity index (χ3n) is 3.86. The minimum Gasteiger partial charge on any atom is -0.481 e. The molecule has 0 saturated heterocycles. The largest absolute Gasteiger partial charge is 0.481 e. The molecule has 1 atom stereocenters. The Kier molecular flexibility index (Phi) is 8.14. The predicted molar refractivity (Wildman–Crippen MR) is 112 cm³/mol. The maximum Gasteiger partial charge on any atom is 0.260 e. The second-order valence-electron chi connectivity index (χ2n) is 6.07. The van der Waals surface area contributed by atoms with Crippen LogP contribution in [0.4, 0.5) is 0 Å². The molecule has 2 aromatic rings. The van der Waals surface area contributed by atoms with Gasteiger partial charge in [-0.3, -0.25) is 4.79 Å². The van der Waals surface area contributed by atoms with Crippen molar-refractivity contribution in [1.82, 2.24) is 5.32 Å². The molecule has 0 fully saturated rings. The van der Waals surface area contributed by atoms with Crippen molar-refractivity contribution >= 4 is 40.9 Å². The molecule has 0 aromatic heterocycles. The van der Waals surface area contributed by atoms with Crippen LogP contribution in [-0.4, -0.2) is 24.3 Å². The fraction of sp³-hybridized carbons (Fsp3) is 0.350. The lowest BCUT2D eigenvalue weighted by Gasteiger charge is -2.16. The van der Waals surface area contributed by atoms with E-state index in [2.05, 4.69) is 5.32 Å². The Morgan fingerprint density at radius 1 is 1.19 bits per heavy atom. The Morgan fingerprint density at radius 2 is 1.88 bits per heavy atom. The van der Waals surface area contributed by atoms with E-state index in [0.717, 1.165) is 22.6 Å². The van der Waals surface area contributed by atoms with Gasteiger partial charge in [0.25, 0.3) is 5.91 Å². The maximum atomic E-state index is 12.2. The molecular weight excluding hydrogens is 389 g/mol. The molecule has 6 heteroatoms. The molecule has 3 nitrogen and oxygen atoms in total. The SMILES string of the molecule is Cc1ccc(O[C@H](C)C(=O)NCCSCc2c(Cl)cccc2Cl)c(C)c1. The van der Waals surface area contributed by atoms with Crippen molar-refractivity contribution in [1.29, 1.82) is 0 Å². The van der Waals surface area contributed by atoms with Crippen LogP contribution in [0.15, 0.2) is 36.4 Å². The number of hydrogen-bond donors (Lipinski definition) is 1. The van der Waals surface area contributed by atoms with Gasteiger partial charge in [-0.25, -0.2) is 0 Å². The summed E-state index contributed by atoms with van der Waals surface area (Å²) in [6.07, 6.45) is -0.542. The van der Waals surface area contributed by atoms with Gasteiger partial charge in [0.05, 0.1) is 0 Å². The average Bonchev–Trinajstić information content (AvgIpc) is 2.59. The van der Waals surface area contributed by atoms with Crippen molar-refractivity contribution in [3.8, 4) is 5.75 Å². The Bertz CT molecular complexity index is 747. The minimum absolute atomic E-state index is 0.124. The number of nitrogens with one attached hydrogen (secondary N) is 1. The molecule has 0 aliphatic rings. The van der Waals surface area contributed by atoms with Gasteiger partial charge in [0.15, 0.2) is 6.10 Å². The Hall–Kier alpha value is -1.36.